The third-order valence-corrected chi connectivity index (χ3v) is 6.45. The third kappa shape index (κ3) is 4.54. The van der Waals surface area contributed by atoms with Gasteiger partial charge in [0.15, 0.2) is 0 Å². The van der Waals surface area contributed by atoms with Crippen LogP contribution in [0.1, 0.15) is 37.3 Å². The molecule has 0 aliphatic heterocycles. The van der Waals surface area contributed by atoms with Gasteiger partial charge in [0.05, 0.1) is 17.3 Å². The Balaban J connectivity index is 1.98. The van der Waals surface area contributed by atoms with E-state index in [1.807, 2.05) is 37.4 Å². The molecule has 3 rings (SSSR count). The van der Waals surface area contributed by atoms with E-state index in [9.17, 15) is 8.42 Å². The Kier molecular flexibility index (Phi) is 6.05. The highest BCUT2D eigenvalue weighted by atomic mass is 32.2. The minimum absolute atomic E-state index is 0.102. The maximum atomic E-state index is 13.1. The molecule has 0 aliphatic rings. The summed E-state index contributed by atoms with van der Waals surface area (Å²) < 4.78 is 34.4. The number of ether oxygens (including phenoxy) is 1. The van der Waals surface area contributed by atoms with Gasteiger partial charge >= 0.3 is 0 Å². The van der Waals surface area contributed by atoms with Gasteiger partial charge in [-0.15, -0.1) is 11.3 Å². The zero-order valence-corrected chi connectivity index (χ0v) is 18.0. The number of hydrogen-bond acceptors (Lipinski definition) is 5. The average molecular weight is 417 g/mol. The SMILES string of the molecule is CCOc1ccc(-c2csc(C)n2)cc1S(=O)(=O)Nc1ccc(C(C)C)cc1. The summed E-state index contributed by atoms with van der Waals surface area (Å²) >= 11 is 1.53. The van der Waals surface area contributed by atoms with Crippen LogP contribution in [0.25, 0.3) is 11.3 Å². The van der Waals surface area contributed by atoms with E-state index in [1.54, 1.807) is 24.3 Å². The minimum Gasteiger partial charge on any atom is -0.492 e. The van der Waals surface area contributed by atoms with Crippen molar-refractivity contribution in [3.63, 3.8) is 0 Å². The molecule has 2 aromatic carbocycles. The van der Waals surface area contributed by atoms with E-state index >= 15 is 0 Å². The number of nitrogens with zero attached hydrogens (tertiary/aromatic N) is 1. The lowest BCUT2D eigenvalue weighted by Gasteiger charge is -2.14. The highest BCUT2D eigenvalue weighted by Crippen LogP contribution is 2.32. The Hall–Kier alpha value is -2.38. The third-order valence-electron chi connectivity index (χ3n) is 4.28. The number of hydrogen-bond donors (Lipinski definition) is 1. The maximum absolute atomic E-state index is 13.1. The summed E-state index contributed by atoms with van der Waals surface area (Å²) in [7, 11) is -3.82. The van der Waals surface area contributed by atoms with Crippen LogP contribution in [0.2, 0.25) is 0 Å². The zero-order chi connectivity index (χ0) is 20.3. The topological polar surface area (TPSA) is 68.3 Å². The Morgan fingerprint density at radius 2 is 1.86 bits per heavy atom. The first-order chi connectivity index (χ1) is 13.3. The lowest BCUT2D eigenvalue weighted by Crippen LogP contribution is -2.14. The van der Waals surface area contributed by atoms with Crippen molar-refractivity contribution in [2.45, 2.75) is 38.5 Å². The molecule has 0 amide bonds. The van der Waals surface area contributed by atoms with Gasteiger partial charge in [0.1, 0.15) is 10.6 Å². The van der Waals surface area contributed by atoms with Crippen LogP contribution in [-0.4, -0.2) is 20.0 Å². The fourth-order valence-corrected chi connectivity index (χ4v) is 4.65. The molecular formula is C21H24N2O3S2. The molecule has 28 heavy (non-hydrogen) atoms. The van der Waals surface area contributed by atoms with Crippen LogP contribution in [-0.2, 0) is 10.0 Å². The Labute approximate surface area is 170 Å². The summed E-state index contributed by atoms with van der Waals surface area (Å²) in [6.07, 6.45) is 0. The fraction of sp³-hybridized carbons (Fsp3) is 0.286. The number of rotatable bonds is 7. The molecule has 0 saturated heterocycles. The van der Waals surface area contributed by atoms with Crippen LogP contribution in [0.15, 0.2) is 52.7 Å². The van der Waals surface area contributed by atoms with Crippen LogP contribution in [0.3, 0.4) is 0 Å². The van der Waals surface area contributed by atoms with Crippen molar-refractivity contribution in [2.75, 3.05) is 11.3 Å². The van der Waals surface area contributed by atoms with Crippen molar-refractivity contribution >= 4 is 27.0 Å². The summed E-state index contributed by atoms with van der Waals surface area (Å²) in [5, 5.41) is 2.84. The van der Waals surface area contributed by atoms with Gasteiger partial charge in [0.25, 0.3) is 10.0 Å². The van der Waals surface area contributed by atoms with Crippen molar-refractivity contribution < 1.29 is 13.2 Å². The van der Waals surface area contributed by atoms with Crippen molar-refractivity contribution in [2.24, 2.45) is 0 Å². The normalized spacial score (nSPS) is 11.6. The molecule has 148 valence electrons. The molecule has 0 radical (unpaired) electrons. The van der Waals surface area contributed by atoms with E-state index in [4.69, 9.17) is 4.74 Å². The molecule has 0 fully saturated rings. The van der Waals surface area contributed by atoms with E-state index in [0.717, 1.165) is 21.8 Å². The molecule has 0 saturated carbocycles. The largest absolute Gasteiger partial charge is 0.492 e. The van der Waals surface area contributed by atoms with Crippen molar-refractivity contribution in [1.29, 1.82) is 0 Å². The molecule has 5 nitrogen and oxygen atoms in total. The second-order valence-corrected chi connectivity index (χ2v) is 9.44. The molecule has 3 aromatic rings. The van der Waals surface area contributed by atoms with E-state index < -0.39 is 10.0 Å². The van der Waals surface area contributed by atoms with Gasteiger partial charge in [-0.05, 0) is 55.7 Å². The molecular weight excluding hydrogens is 392 g/mol. The van der Waals surface area contributed by atoms with E-state index in [-0.39, 0.29) is 4.90 Å². The summed E-state index contributed by atoms with van der Waals surface area (Å²) in [5.74, 6) is 0.706. The Morgan fingerprint density at radius 1 is 1.14 bits per heavy atom. The predicted octanol–water partition coefficient (Wildman–Crippen LogP) is 5.44. The molecule has 0 spiro atoms. The lowest BCUT2D eigenvalue weighted by molar-refractivity contribution is 0.331. The first kappa shape index (κ1) is 20.4. The second kappa shape index (κ2) is 8.32. The molecule has 1 N–H and O–H groups in total. The number of benzene rings is 2. The average Bonchev–Trinajstić information content (AvgIpc) is 3.08. The van der Waals surface area contributed by atoms with Crippen LogP contribution in [0.4, 0.5) is 5.69 Å². The first-order valence-electron chi connectivity index (χ1n) is 9.12. The van der Waals surface area contributed by atoms with Crippen LogP contribution in [0, 0.1) is 6.92 Å². The van der Waals surface area contributed by atoms with Crippen LogP contribution < -0.4 is 9.46 Å². The highest BCUT2D eigenvalue weighted by molar-refractivity contribution is 7.92. The molecule has 0 unspecified atom stereocenters. The number of aromatic nitrogens is 1. The van der Waals surface area contributed by atoms with Gasteiger partial charge in [0, 0.05) is 16.6 Å². The van der Waals surface area contributed by atoms with Gasteiger partial charge in [-0.25, -0.2) is 13.4 Å². The number of aryl methyl sites for hydroxylation is 1. The summed E-state index contributed by atoms with van der Waals surface area (Å²) in [5.41, 5.74) is 3.16. The van der Waals surface area contributed by atoms with Crippen LogP contribution in [0.5, 0.6) is 5.75 Å². The highest BCUT2D eigenvalue weighted by Gasteiger charge is 2.21. The second-order valence-electron chi connectivity index (χ2n) is 6.73. The van der Waals surface area contributed by atoms with Crippen molar-refractivity contribution in [3.05, 3.63) is 58.4 Å². The number of nitrogens with one attached hydrogen (secondary N) is 1. The maximum Gasteiger partial charge on any atom is 0.265 e. The minimum atomic E-state index is -3.82. The van der Waals surface area contributed by atoms with Gasteiger partial charge in [-0.1, -0.05) is 26.0 Å². The summed E-state index contributed by atoms with van der Waals surface area (Å²) in [6.45, 7) is 8.31. The molecule has 7 heteroatoms. The number of anilines is 1. The molecule has 1 heterocycles. The molecule has 1 aromatic heterocycles. The monoisotopic (exact) mass is 416 g/mol. The van der Waals surface area contributed by atoms with Crippen molar-refractivity contribution in [3.8, 4) is 17.0 Å². The predicted molar refractivity (Wildman–Crippen MR) is 115 cm³/mol. The van der Waals surface area contributed by atoms with Gasteiger partial charge in [-0.2, -0.15) is 0 Å². The zero-order valence-electron chi connectivity index (χ0n) is 16.4. The standard InChI is InChI=1S/C21H24N2O3S2/c1-5-26-20-11-8-17(19-13-27-15(4)22-19)12-21(20)28(24,25)23-18-9-6-16(7-10-18)14(2)3/h6-14,23H,5H2,1-4H3. The number of thiazole rings is 1. The van der Waals surface area contributed by atoms with Gasteiger partial charge in [0.2, 0.25) is 0 Å². The summed E-state index contributed by atoms with van der Waals surface area (Å²) in [4.78, 5) is 4.55. The quantitative estimate of drug-likeness (QED) is 0.557. The molecule has 0 aliphatic carbocycles. The molecule has 0 atom stereocenters. The first-order valence-corrected chi connectivity index (χ1v) is 11.5. The van der Waals surface area contributed by atoms with Gasteiger partial charge in [-0.3, -0.25) is 4.72 Å². The smallest absolute Gasteiger partial charge is 0.265 e. The van der Waals surface area contributed by atoms with E-state index in [0.29, 0.717) is 24.0 Å². The Morgan fingerprint density at radius 3 is 2.43 bits per heavy atom. The van der Waals surface area contributed by atoms with E-state index in [2.05, 4.69) is 23.6 Å². The molecule has 0 bridgehead atoms. The Bertz CT molecular complexity index is 1060. The van der Waals surface area contributed by atoms with E-state index in [1.165, 1.54) is 11.3 Å². The lowest BCUT2D eigenvalue weighted by atomic mass is 10.0. The van der Waals surface area contributed by atoms with Crippen LogP contribution >= 0.6 is 11.3 Å². The summed E-state index contributed by atoms with van der Waals surface area (Å²) in [6, 6.07) is 12.5. The number of sulfonamides is 1. The fourth-order valence-electron chi connectivity index (χ4n) is 2.79. The van der Waals surface area contributed by atoms with Crippen molar-refractivity contribution in [1.82, 2.24) is 4.98 Å². The van der Waals surface area contributed by atoms with Gasteiger partial charge < -0.3 is 4.74 Å².